The molecule has 0 aliphatic heterocycles. The van der Waals surface area contributed by atoms with Gasteiger partial charge in [0.15, 0.2) is 11.6 Å². The van der Waals surface area contributed by atoms with Crippen molar-refractivity contribution in [2.45, 2.75) is 6.92 Å². The fourth-order valence-corrected chi connectivity index (χ4v) is 3.25. The van der Waals surface area contributed by atoms with E-state index in [4.69, 9.17) is 4.74 Å². The summed E-state index contributed by atoms with van der Waals surface area (Å²) >= 11 is 0. The average molecular weight is 420 g/mol. The molecule has 1 nitrogen and oxygen atoms in total. The lowest BCUT2D eigenvalue weighted by atomic mass is 10.0. The van der Waals surface area contributed by atoms with Gasteiger partial charge in [0, 0.05) is 22.6 Å². The molecule has 5 heteroatoms. The van der Waals surface area contributed by atoms with Gasteiger partial charge in [-0.2, -0.15) is 0 Å². The van der Waals surface area contributed by atoms with Crippen molar-refractivity contribution in [2.75, 3.05) is 6.61 Å². The average Bonchev–Trinajstić information content (AvgIpc) is 2.76. The summed E-state index contributed by atoms with van der Waals surface area (Å²) in [7, 11) is 0. The zero-order valence-corrected chi connectivity index (χ0v) is 16.5. The van der Waals surface area contributed by atoms with E-state index in [1.165, 1.54) is 36.4 Å². The fraction of sp³-hybridized carbons (Fsp3) is 0.0769. The number of halogens is 4. The number of hydrogen-bond acceptors (Lipinski definition) is 1. The predicted molar refractivity (Wildman–Crippen MR) is 113 cm³/mol. The Bertz CT molecular complexity index is 1350. The van der Waals surface area contributed by atoms with Crippen LogP contribution in [0.4, 0.5) is 17.6 Å². The molecule has 0 fully saturated rings. The molecular formula is C26H16F4O. The van der Waals surface area contributed by atoms with Gasteiger partial charge in [-0.1, -0.05) is 30.0 Å². The van der Waals surface area contributed by atoms with Crippen molar-refractivity contribution in [1.82, 2.24) is 0 Å². The number of fused-ring (bicyclic) bond motifs is 1. The molecule has 0 heterocycles. The minimum absolute atomic E-state index is 0.139. The second-order valence-electron chi connectivity index (χ2n) is 6.82. The first-order valence-electron chi connectivity index (χ1n) is 9.58. The normalized spacial score (nSPS) is 10.6. The van der Waals surface area contributed by atoms with Crippen molar-refractivity contribution in [1.29, 1.82) is 0 Å². The van der Waals surface area contributed by atoms with Crippen molar-refractivity contribution in [3.63, 3.8) is 0 Å². The molecule has 4 aromatic carbocycles. The van der Waals surface area contributed by atoms with E-state index in [1.807, 2.05) is 0 Å². The smallest absolute Gasteiger partial charge is 0.166 e. The molecule has 0 aliphatic rings. The van der Waals surface area contributed by atoms with E-state index in [0.717, 1.165) is 6.07 Å². The molecule has 0 spiro atoms. The van der Waals surface area contributed by atoms with Crippen LogP contribution in [0.2, 0.25) is 0 Å². The summed E-state index contributed by atoms with van der Waals surface area (Å²) in [5, 5.41) is 0.644. The van der Waals surface area contributed by atoms with Crippen LogP contribution in [0.15, 0.2) is 66.7 Å². The predicted octanol–water partition coefficient (Wildman–Crippen LogP) is 6.86. The zero-order valence-electron chi connectivity index (χ0n) is 16.5. The first-order chi connectivity index (χ1) is 15.0. The summed E-state index contributed by atoms with van der Waals surface area (Å²) in [6.07, 6.45) is 0. The van der Waals surface area contributed by atoms with Crippen LogP contribution in [0, 0.1) is 35.1 Å². The summed E-state index contributed by atoms with van der Waals surface area (Å²) in [5.41, 5.74) is 1.30. The minimum atomic E-state index is -0.919. The van der Waals surface area contributed by atoms with Gasteiger partial charge in [0.2, 0.25) is 0 Å². The molecule has 0 unspecified atom stereocenters. The Morgan fingerprint density at radius 1 is 0.742 bits per heavy atom. The Morgan fingerprint density at radius 2 is 1.58 bits per heavy atom. The van der Waals surface area contributed by atoms with Crippen LogP contribution >= 0.6 is 0 Å². The summed E-state index contributed by atoms with van der Waals surface area (Å²) in [6, 6.07) is 15.8. The maximum Gasteiger partial charge on any atom is 0.166 e. The van der Waals surface area contributed by atoms with Crippen molar-refractivity contribution < 1.29 is 22.3 Å². The van der Waals surface area contributed by atoms with E-state index in [0.29, 0.717) is 28.9 Å². The van der Waals surface area contributed by atoms with Crippen molar-refractivity contribution in [3.05, 3.63) is 101 Å². The van der Waals surface area contributed by atoms with Crippen LogP contribution in [-0.2, 0) is 0 Å². The minimum Gasteiger partial charge on any atom is -0.494 e. The highest BCUT2D eigenvalue weighted by Gasteiger charge is 2.10. The van der Waals surface area contributed by atoms with Crippen molar-refractivity contribution in [3.8, 4) is 28.7 Å². The molecule has 0 saturated heterocycles. The maximum atomic E-state index is 14.6. The molecule has 0 saturated carbocycles. The molecule has 154 valence electrons. The highest BCUT2D eigenvalue weighted by Crippen LogP contribution is 2.28. The molecule has 0 amide bonds. The number of ether oxygens (including phenoxy) is 1. The number of rotatable bonds is 3. The summed E-state index contributed by atoms with van der Waals surface area (Å²) in [6.45, 7) is 2.22. The Kier molecular flexibility index (Phi) is 5.64. The third-order valence-electron chi connectivity index (χ3n) is 4.78. The van der Waals surface area contributed by atoms with Crippen LogP contribution in [0.25, 0.3) is 21.9 Å². The van der Waals surface area contributed by atoms with Gasteiger partial charge in [-0.15, -0.1) is 0 Å². The lowest BCUT2D eigenvalue weighted by molar-refractivity contribution is 0.338. The van der Waals surface area contributed by atoms with E-state index >= 15 is 0 Å². The molecule has 0 aromatic heterocycles. The first-order valence-corrected chi connectivity index (χ1v) is 9.58. The molecule has 0 bridgehead atoms. The molecule has 0 N–H and O–H groups in total. The van der Waals surface area contributed by atoms with E-state index in [-0.39, 0.29) is 16.5 Å². The highest BCUT2D eigenvalue weighted by atomic mass is 19.2. The standard InChI is InChI=1S/C26H16F4O/c1-2-31-20-9-11-21(25(29)15-20)19-7-6-17(24(28)14-19)5-3-16-4-10-22-18(13-16)8-12-23(27)26(22)30/h4,6-15H,2H2,1H3. The SMILES string of the molecule is CCOc1ccc(-c2ccc(C#Cc3ccc4c(F)c(F)ccc4c3)c(F)c2)c(F)c1. The second-order valence-corrected chi connectivity index (χ2v) is 6.82. The lowest BCUT2D eigenvalue weighted by Gasteiger charge is -2.08. The Morgan fingerprint density at radius 3 is 2.32 bits per heavy atom. The monoisotopic (exact) mass is 420 g/mol. The van der Waals surface area contributed by atoms with Gasteiger partial charge < -0.3 is 4.74 Å². The second kappa shape index (κ2) is 8.53. The van der Waals surface area contributed by atoms with Gasteiger partial charge in [-0.3, -0.25) is 0 Å². The van der Waals surface area contributed by atoms with Gasteiger partial charge in [0.05, 0.1) is 12.2 Å². The van der Waals surface area contributed by atoms with Crippen LogP contribution in [0.1, 0.15) is 18.1 Å². The fourth-order valence-electron chi connectivity index (χ4n) is 3.25. The van der Waals surface area contributed by atoms with Gasteiger partial charge in [0.25, 0.3) is 0 Å². The van der Waals surface area contributed by atoms with Crippen LogP contribution < -0.4 is 4.74 Å². The van der Waals surface area contributed by atoms with Crippen LogP contribution in [-0.4, -0.2) is 6.61 Å². The van der Waals surface area contributed by atoms with E-state index in [2.05, 4.69) is 11.8 Å². The third kappa shape index (κ3) is 4.24. The van der Waals surface area contributed by atoms with Gasteiger partial charge in [-0.05, 0) is 60.3 Å². The summed E-state index contributed by atoms with van der Waals surface area (Å²) in [5.74, 6) is 3.03. The molecule has 31 heavy (non-hydrogen) atoms. The zero-order chi connectivity index (χ0) is 22.0. The van der Waals surface area contributed by atoms with Crippen LogP contribution in [0.3, 0.4) is 0 Å². The largest absolute Gasteiger partial charge is 0.494 e. The first kappa shape index (κ1) is 20.5. The van der Waals surface area contributed by atoms with E-state index < -0.39 is 23.3 Å². The third-order valence-corrected chi connectivity index (χ3v) is 4.78. The molecular weight excluding hydrogens is 404 g/mol. The number of hydrogen-bond donors (Lipinski definition) is 0. The Balaban J connectivity index is 1.62. The summed E-state index contributed by atoms with van der Waals surface area (Å²) in [4.78, 5) is 0. The van der Waals surface area contributed by atoms with Crippen LogP contribution in [0.5, 0.6) is 5.75 Å². The number of benzene rings is 4. The Hall–Kier alpha value is -3.78. The maximum absolute atomic E-state index is 14.6. The van der Waals surface area contributed by atoms with Crippen molar-refractivity contribution in [2.24, 2.45) is 0 Å². The van der Waals surface area contributed by atoms with Crippen molar-refractivity contribution >= 4 is 10.8 Å². The molecule has 0 aliphatic carbocycles. The van der Waals surface area contributed by atoms with Gasteiger partial charge >= 0.3 is 0 Å². The summed E-state index contributed by atoms with van der Waals surface area (Å²) < 4.78 is 61.3. The lowest BCUT2D eigenvalue weighted by Crippen LogP contribution is -1.94. The van der Waals surface area contributed by atoms with Gasteiger partial charge in [0.1, 0.15) is 17.4 Å². The van der Waals surface area contributed by atoms with E-state index in [9.17, 15) is 17.6 Å². The quantitative estimate of drug-likeness (QED) is 0.260. The highest BCUT2D eigenvalue weighted by molar-refractivity contribution is 5.84. The molecule has 4 rings (SSSR count). The Labute approximate surface area is 176 Å². The van der Waals surface area contributed by atoms with E-state index in [1.54, 1.807) is 31.2 Å². The molecule has 0 atom stereocenters. The molecule has 0 radical (unpaired) electrons. The topological polar surface area (TPSA) is 9.23 Å². The van der Waals surface area contributed by atoms with Gasteiger partial charge in [-0.25, -0.2) is 17.6 Å². The molecule has 4 aromatic rings.